The van der Waals surface area contributed by atoms with Crippen molar-refractivity contribution in [1.29, 1.82) is 0 Å². The van der Waals surface area contributed by atoms with Crippen molar-refractivity contribution in [3.05, 3.63) is 12.2 Å². The fourth-order valence-corrected chi connectivity index (χ4v) is 2.22. The van der Waals surface area contributed by atoms with Crippen LogP contribution in [0.15, 0.2) is 12.2 Å². The largest absolute Gasteiger partial charge is 0.330 e. The van der Waals surface area contributed by atoms with E-state index in [-0.39, 0.29) is 0 Å². The highest BCUT2D eigenvalue weighted by molar-refractivity contribution is 4.81. The van der Waals surface area contributed by atoms with Crippen LogP contribution in [0.4, 0.5) is 0 Å². The average molecular weight is 253 g/mol. The van der Waals surface area contributed by atoms with E-state index in [4.69, 9.17) is 5.73 Å². The minimum atomic E-state index is 0.864. The van der Waals surface area contributed by atoms with Crippen molar-refractivity contribution >= 4 is 0 Å². The van der Waals surface area contributed by atoms with Crippen LogP contribution in [-0.2, 0) is 0 Å². The van der Waals surface area contributed by atoms with Gasteiger partial charge in [-0.2, -0.15) is 0 Å². The predicted molar refractivity (Wildman–Crippen MR) is 83.9 cm³/mol. The molecule has 2 N–H and O–H groups in total. The van der Waals surface area contributed by atoms with Gasteiger partial charge in [0.15, 0.2) is 0 Å². The maximum absolute atomic E-state index is 5.47. The Morgan fingerprint density at radius 3 is 1.56 bits per heavy atom. The third kappa shape index (κ3) is 15.7. The fraction of sp³-hybridized carbons (Fsp3) is 0.882. The highest BCUT2D eigenvalue weighted by atomic mass is 14.5. The molecule has 0 spiro atoms. The van der Waals surface area contributed by atoms with Gasteiger partial charge in [-0.1, -0.05) is 70.4 Å². The molecule has 0 aliphatic carbocycles. The Bertz CT molecular complexity index is 163. The normalized spacial score (nSPS) is 11.4. The lowest BCUT2D eigenvalue weighted by Crippen LogP contribution is -1.97. The Hall–Kier alpha value is -0.300. The van der Waals surface area contributed by atoms with Crippen molar-refractivity contribution in [2.45, 2.75) is 90.4 Å². The van der Waals surface area contributed by atoms with Crippen LogP contribution in [0.3, 0.4) is 0 Å². The van der Waals surface area contributed by atoms with Gasteiger partial charge in [0.1, 0.15) is 0 Å². The molecule has 0 aromatic carbocycles. The van der Waals surface area contributed by atoms with Crippen molar-refractivity contribution in [1.82, 2.24) is 0 Å². The monoisotopic (exact) mass is 253 g/mol. The molecule has 0 aromatic rings. The zero-order chi connectivity index (χ0) is 13.3. The molecule has 1 heteroatoms. The SMILES string of the molecule is CCCCCCC=CCCCCCCCCCN. The van der Waals surface area contributed by atoms with E-state index in [0.717, 1.165) is 6.54 Å². The molecule has 0 saturated carbocycles. The molecule has 0 radical (unpaired) electrons. The van der Waals surface area contributed by atoms with Gasteiger partial charge < -0.3 is 5.73 Å². The summed E-state index contributed by atoms with van der Waals surface area (Å²) in [5.41, 5.74) is 5.47. The smallest absolute Gasteiger partial charge is 0.00773 e. The van der Waals surface area contributed by atoms with Gasteiger partial charge in [0.05, 0.1) is 0 Å². The number of nitrogens with two attached hydrogens (primary N) is 1. The van der Waals surface area contributed by atoms with E-state index in [1.807, 2.05) is 0 Å². The van der Waals surface area contributed by atoms with Crippen LogP contribution in [0, 0.1) is 0 Å². The van der Waals surface area contributed by atoms with Gasteiger partial charge in [0.2, 0.25) is 0 Å². The maximum atomic E-state index is 5.47. The van der Waals surface area contributed by atoms with Gasteiger partial charge in [-0.3, -0.25) is 0 Å². The summed E-state index contributed by atoms with van der Waals surface area (Å²) in [6.45, 7) is 3.13. The lowest BCUT2D eigenvalue weighted by Gasteiger charge is -2.00. The van der Waals surface area contributed by atoms with Crippen LogP contribution >= 0.6 is 0 Å². The van der Waals surface area contributed by atoms with E-state index in [1.54, 1.807) is 0 Å². The first-order valence-electron chi connectivity index (χ1n) is 8.27. The summed E-state index contributed by atoms with van der Waals surface area (Å²) in [5.74, 6) is 0. The lowest BCUT2D eigenvalue weighted by atomic mass is 10.1. The Balaban J connectivity index is 2.99. The molecule has 0 fully saturated rings. The average Bonchev–Trinajstić information content (AvgIpc) is 2.39. The first-order valence-corrected chi connectivity index (χ1v) is 8.27. The third-order valence-corrected chi connectivity index (χ3v) is 3.47. The van der Waals surface area contributed by atoms with E-state index in [1.165, 1.54) is 83.5 Å². The zero-order valence-corrected chi connectivity index (χ0v) is 12.6. The van der Waals surface area contributed by atoms with Crippen molar-refractivity contribution in [3.63, 3.8) is 0 Å². The minimum Gasteiger partial charge on any atom is -0.330 e. The molecule has 0 rings (SSSR count). The number of rotatable bonds is 14. The van der Waals surface area contributed by atoms with Crippen LogP contribution in [0.25, 0.3) is 0 Å². The van der Waals surface area contributed by atoms with Gasteiger partial charge >= 0.3 is 0 Å². The zero-order valence-electron chi connectivity index (χ0n) is 12.6. The molecule has 0 heterocycles. The number of allylic oxidation sites excluding steroid dienone is 2. The van der Waals surface area contributed by atoms with E-state index in [9.17, 15) is 0 Å². The number of hydrogen-bond donors (Lipinski definition) is 1. The van der Waals surface area contributed by atoms with Gasteiger partial charge in [-0.05, 0) is 38.6 Å². The molecule has 0 aliphatic rings. The minimum absolute atomic E-state index is 0.864. The second kappa shape index (κ2) is 16.7. The van der Waals surface area contributed by atoms with E-state index in [0.29, 0.717) is 0 Å². The quantitative estimate of drug-likeness (QED) is 0.317. The van der Waals surface area contributed by atoms with Crippen LogP contribution < -0.4 is 5.73 Å². The summed E-state index contributed by atoms with van der Waals surface area (Å²) in [5, 5.41) is 0. The number of unbranched alkanes of at least 4 members (excludes halogenated alkanes) is 11. The van der Waals surface area contributed by atoms with E-state index in [2.05, 4.69) is 19.1 Å². The summed E-state index contributed by atoms with van der Waals surface area (Å²) < 4.78 is 0. The molecule has 0 aliphatic heterocycles. The molecule has 0 atom stereocenters. The van der Waals surface area contributed by atoms with Gasteiger partial charge in [-0.25, -0.2) is 0 Å². The topological polar surface area (TPSA) is 26.0 Å². The third-order valence-electron chi connectivity index (χ3n) is 3.47. The molecular formula is C17H35N. The molecule has 0 amide bonds. The van der Waals surface area contributed by atoms with Crippen LogP contribution in [0.2, 0.25) is 0 Å². The second-order valence-electron chi connectivity index (χ2n) is 5.37. The van der Waals surface area contributed by atoms with E-state index < -0.39 is 0 Å². The second-order valence-corrected chi connectivity index (χ2v) is 5.37. The first-order chi connectivity index (χ1) is 8.91. The maximum Gasteiger partial charge on any atom is -0.00773 e. The standard InChI is InChI=1S/C17H35N/c1-2-3-4-5-6-7-8-9-10-11-12-13-14-15-16-17-18/h7-8H,2-6,9-18H2,1H3. The van der Waals surface area contributed by atoms with Crippen molar-refractivity contribution in [2.24, 2.45) is 5.73 Å². The Labute approximate surface area is 115 Å². The molecule has 0 saturated heterocycles. The lowest BCUT2D eigenvalue weighted by molar-refractivity contribution is 0.584. The molecule has 18 heavy (non-hydrogen) atoms. The van der Waals surface area contributed by atoms with Crippen LogP contribution in [0.5, 0.6) is 0 Å². The first kappa shape index (κ1) is 17.7. The van der Waals surface area contributed by atoms with Crippen molar-refractivity contribution in [3.8, 4) is 0 Å². The molecule has 0 bridgehead atoms. The highest BCUT2D eigenvalue weighted by Crippen LogP contribution is 2.09. The Kier molecular flexibility index (Phi) is 16.4. The summed E-state index contributed by atoms with van der Waals surface area (Å²) in [7, 11) is 0. The summed E-state index contributed by atoms with van der Waals surface area (Å²) in [4.78, 5) is 0. The van der Waals surface area contributed by atoms with Crippen molar-refractivity contribution < 1.29 is 0 Å². The van der Waals surface area contributed by atoms with Crippen LogP contribution in [-0.4, -0.2) is 6.54 Å². The van der Waals surface area contributed by atoms with Crippen LogP contribution in [0.1, 0.15) is 90.4 Å². The highest BCUT2D eigenvalue weighted by Gasteiger charge is 1.90. The summed E-state index contributed by atoms with van der Waals surface area (Å²) >= 11 is 0. The van der Waals surface area contributed by atoms with E-state index >= 15 is 0 Å². The molecule has 1 nitrogen and oxygen atoms in total. The summed E-state index contributed by atoms with van der Waals surface area (Å²) in [6.07, 6.45) is 22.4. The fourth-order valence-electron chi connectivity index (χ4n) is 2.22. The Morgan fingerprint density at radius 2 is 1.06 bits per heavy atom. The summed E-state index contributed by atoms with van der Waals surface area (Å²) in [6, 6.07) is 0. The predicted octanol–water partition coefficient (Wildman–Crippen LogP) is 5.59. The molecular weight excluding hydrogens is 218 g/mol. The van der Waals surface area contributed by atoms with Gasteiger partial charge in [0, 0.05) is 0 Å². The number of hydrogen-bond acceptors (Lipinski definition) is 1. The molecule has 0 unspecified atom stereocenters. The Morgan fingerprint density at radius 1 is 0.611 bits per heavy atom. The van der Waals surface area contributed by atoms with Gasteiger partial charge in [-0.15, -0.1) is 0 Å². The molecule has 108 valence electrons. The molecule has 0 aromatic heterocycles. The van der Waals surface area contributed by atoms with Crippen molar-refractivity contribution in [2.75, 3.05) is 6.54 Å². The van der Waals surface area contributed by atoms with Gasteiger partial charge in [0.25, 0.3) is 0 Å².